The van der Waals surface area contributed by atoms with Crippen LogP contribution in [0.2, 0.25) is 0 Å². The number of hydrogen-bond donors (Lipinski definition) is 1. The fourth-order valence-electron chi connectivity index (χ4n) is 5.96. The topological polar surface area (TPSA) is 55.1 Å². The summed E-state index contributed by atoms with van der Waals surface area (Å²) in [6.45, 7) is 1.99. The molecular formula is C16H22N2O2. The van der Waals surface area contributed by atoms with Crippen LogP contribution in [0.5, 0.6) is 0 Å². The van der Waals surface area contributed by atoms with Gasteiger partial charge in [0.2, 0.25) is 0 Å². The van der Waals surface area contributed by atoms with Crippen molar-refractivity contribution in [2.45, 2.75) is 50.9 Å². The molecule has 0 unspecified atom stereocenters. The Hall–Kier alpha value is -1.32. The van der Waals surface area contributed by atoms with Gasteiger partial charge >= 0.3 is 5.97 Å². The lowest BCUT2D eigenvalue weighted by atomic mass is 9.47. The molecule has 1 N–H and O–H groups in total. The van der Waals surface area contributed by atoms with Gasteiger partial charge < -0.3 is 5.11 Å². The monoisotopic (exact) mass is 274 g/mol. The number of aromatic carboxylic acids is 1. The summed E-state index contributed by atoms with van der Waals surface area (Å²) >= 11 is 0. The number of aryl methyl sites for hydroxylation is 2. The molecule has 4 aliphatic carbocycles. The Morgan fingerprint density at radius 3 is 2.15 bits per heavy atom. The van der Waals surface area contributed by atoms with Crippen LogP contribution in [0.1, 0.15) is 60.3 Å². The molecule has 108 valence electrons. The average molecular weight is 274 g/mol. The van der Waals surface area contributed by atoms with Crippen LogP contribution in [-0.2, 0) is 12.5 Å². The highest BCUT2D eigenvalue weighted by Crippen LogP contribution is 2.61. The number of nitrogens with zero attached hydrogens (tertiary/aromatic N) is 2. The molecular weight excluding hydrogens is 252 g/mol. The number of aromatic nitrogens is 2. The maximum Gasteiger partial charge on any atom is 0.354 e. The minimum absolute atomic E-state index is 0.112. The quantitative estimate of drug-likeness (QED) is 0.902. The van der Waals surface area contributed by atoms with Crippen molar-refractivity contribution >= 4 is 5.97 Å². The van der Waals surface area contributed by atoms with Crippen LogP contribution in [0.4, 0.5) is 0 Å². The maximum absolute atomic E-state index is 11.7. The van der Waals surface area contributed by atoms with Gasteiger partial charge in [0.05, 0.1) is 5.69 Å². The van der Waals surface area contributed by atoms with Gasteiger partial charge in [0.1, 0.15) is 5.69 Å². The number of carboxylic acids is 1. The second-order valence-electron chi connectivity index (χ2n) is 7.44. The summed E-state index contributed by atoms with van der Waals surface area (Å²) in [5.74, 6) is 1.64. The van der Waals surface area contributed by atoms with E-state index in [1.807, 2.05) is 6.92 Å². The lowest BCUT2D eigenvalue weighted by Gasteiger charge is -2.57. The lowest BCUT2D eigenvalue weighted by molar-refractivity contribution is -0.00616. The molecule has 1 aromatic heterocycles. The fourth-order valence-corrected chi connectivity index (χ4v) is 5.96. The van der Waals surface area contributed by atoms with Gasteiger partial charge in [0.25, 0.3) is 0 Å². The molecule has 0 spiro atoms. The summed E-state index contributed by atoms with van der Waals surface area (Å²) in [5, 5.41) is 14.0. The van der Waals surface area contributed by atoms with E-state index >= 15 is 0 Å². The summed E-state index contributed by atoms with van der Waals surface area (Å²) in [5.41, 5.74) is 2.55. The molecule has 4 fully saturated rings. The normalized spacial score (nSPS) is 38.4. The first kappa shape index (κ1) is 12.4. The zero-order chi connectivity index (χ0) is 14.1. The van der Waals surface area contributed by atoms with Gasteiger partial charge in [-0.3, -0.25) is 4.68 Å². The van der Waals surface area contributed by atoms with E-state index in [-0.39, 0.29) is 5.41 Å². The van der Waals surface area contributed by atoms with E-state index in [1.54, 1.807) is 11.7 Å². The summed E-state index contributed by atoms with van der Waals surface area (Å²) in [6.07, 6.45) is 7.69. The van der Waals surface area contributed by atoms with Gasteiger partial charge in [-0.15, -0.1) is 0 Å². The molecule has 0 saturated heterocycles. The van der Waals surface area contributed by atoms with Gasteiger partial charge in [-0.25, -0.2) is 4.79 Å². The second kappa shape index (κ2) is 3.86. The molecule has 5 rings (SSSR count). The molecule has 0 radical (unpaired) electrons. The van der Waals surface area contributed by atoms with E-state index in [1.165, 1.54) is 38.5 Å². The standard InChI is InChI=1S/C16H22N2O2/c1-9-13(14(15(19)20)18(2)17-9)16-6-10-3-11(7-16)5-12(4-10)8-16/h10-12H,3-8H2,1-2H3,(H,19,20). The molecule has 4 saturated carbocycles. The summed E-state index contributed by atoms with van der Waals surface area (Å²) < 4.78 is 1.57. The van der Waals surface area contributed by atoms with Crippen LogP contribution < -0.4 is 0 Å². The Morgan fingerprint density at radius 2 is 1.70 bits per heavy atom. The van der Waals surface area contributed by atoms with Crippen LogP contribution in [0, 0.1) is 24.7 Å². The van der Waals surface area contributed by atoms with Crippen molar-refractivity contribution in [3.63, 3.8) is 0 Å². The van der Waals surface area contributed by atoms with E-state index in [2.05, 4.69) is 5.10 Å². The maximum atomic E-state index is 11.7. The Balaban J connectivity index is 1.87. The van der Waals surface area contributed by atoms with Crippen molar-refractivity contribution < 1.29 is 9.90 Å². The molecule has 20 heavy (non-hydrogen) atoms. The zero-order valence-corrected chi connectivity index (χ0v) is 12.2. The van der Waals surface area contributed by atoms with Gasteiger partial charge in [0.15, 0.2) is 0 Å². The van der Waals surface area contributed by atoms with Gasteiger partial charge in [-0.2, -0.15) is 5.10 Å². The Kier molecular flexibility index (Phi) is 2.40. The van der Waals surface area contributed by atoms with Crippen LogP contribution in [0.15, 0.2) is 0 Å². The van der Waals surface area contributed by atoms with E-state index < -0.39 is 5.97 Å². The predicted molar refractivity (Wildman–Crippen MR) is 74.8 cm³/mol. The highest BCUT2D eigenvalue weighted by Gasteiger charge is 2.53. The van der Waals surface area contributed by atoms with Crippen molar-refractivity contribution in [1.29, 1.82) is 0 Å². The zero-order valence-electron chi connectivity index (χ0n) is 12.2. The number of hydrogen-bond acceptors (Lipinski definition) is 2. The van der Waals surface area contributed by atoms with E-state index in [9.17, 15) is 9.90 Å². The number of carboxylic acid groups (broad SMARTS) is 1. The molecule has 4 nitrogen and oxygen atoms in total. The SMILES string of the molecule is Cc1nn(C)c(C(=O)O)c1C12CC3CC(CC(C3)C1)C2. The third-order valence-corrected chi connectivity index (χ3v) is 5.99. The van der Waals surface area contributed by atoms with E-state index in [0.29, 0.717) is 5.69 Å². The van der Waals surface area contributed by atoms with Crippen molar-refractivity contribution in [3.05, 3.63) is 17.0 Å². The number of rotatable bonds is 2. The molecule has 0 aromatic carbocycles. The largest absolute Gasteiger partial charge is 0.477 e. The average Bonchev–Trinajstić information content (AvgIpc) is 2.63. The molecule has 4 aliphatic rings. The van der Waals surface area contributed by atoms with Gasteiger partial charge in [0, 0.05) is 18.0 Å². The summed E-state index contributed by atoms with van der Waals surface area (Å²) in [6, 6.07) is 0. The fraction of sp³-hybridized carbons (Fsp3) is 0.750. The van der Waals surface area contributed by atoms with Crippen molar-refractivity contribution in [2.24, 2.45) is 24.8 Å². The first-order chi connectivity index (χ1) is 9.48. The Morgan fingerprint density at radius 1 is 1.20 bits per heavy atom. The second-order valence-corrected chi connectivity index (χ2v) is 7.44. The first-order valence-electron chi connectivity index (χ1n) is 7.76. The molecule has 0 aliphatic heterocycles. The lowest BCUT2D eigenvalue weighted by Crippen LogP contribution is -2.49. The van der Waals surface area contributed by atoms with Crippen LogP contribution in [0.3, 0.4) is 0 Å². The third-order valence-electron chi connectivity index (χ3n) is 5.99. The summed E-state index contributed by atoms with van der Waals surface area (Å²) in [4.78, 5) is 11.7. The number of carbonyl (C=O) groups is 1. The van der Waals surface area contributed by atoms with Crippen molar-refractivity contribution in [1.82, 2.24) is 9.78 Å². The first-order valence-corrected chi connectivity index (χ1v) is 7.76. The molecule has 4 bridgehead atoms. The predicted octanol–water partition coefficient (Wildman–Crippen LogP) is 2.89. The smallest absolute Gasteiger partial charge is 0.354 e. The molecule has 1 aromatic rings. The molecule has 1 heterocycles. The van der Waals surface area contributed by atoms with Crippen LogP contribution in [-0.4, -0.2) is 20.9 Å². The molecule has 0 amide bonds. The van der Waals surface area contributed by atoms with Crippen molar-refractivity contribution in [2.75, 3.05) is 0 Å². The van der Waals surface area contributed by atoms with Gasteiger partial charge in [-0.05, 0) is 63.2 Å². The minimum atomic E-state index is -0.821. The minimum Gasteiger partial charge on any atom is -0.477 e. The third kappa shape index (κ3) is 1.54. The van der Waals surface area contributed by atoms with E-state index in [4.69, 9.17) is 0 Å². The van der Waals surface area contributed by atoms with Crippen LogP contribution >= 0.6 is 0 Å². The Bertz CT molecular complexity index is 552. The van der Waals surface area contributed by atoms with Gasteiger partial charge in [-0.1, -0.05) is 0 Å². The molecule has 4 heteroatoms. The van der Waals surface area contributed by atoms with Crippen LogP contribution in [0.25, 0.3) is 0 Å². The Labute approximate surface area is 119 Å². The molecule has 0 atom stereocenters. The summed E-state index contributed by atoms with van der Waals surface area (Å²) in [7, 11) is 1.76. The highest BCUT2D eigenvalue weighted by atomic mass is 16.4. The van der Waals surface area contributed by atoms with E-state index in [0.717, 1.165) is 29.0 Å². The highest BCUT2D eigenvalue weighted by molar-refractivity contribution is 5.88. The van der Waals surface area contributed by atoms with Crippen molar-refractivity contribution in [3.8, 4) is 0 Å².